The maximum Gasteiger partial charge on any atom is 0.289 e. The van der Waals surface area contributed by atoms with E-state index in [1.165, 1.54) is 62.0 Å². The monoisotopic (exact) mass is 921 g/mol. The van der Waals surface area contributed by atoms with Crippen LogP contribution in [-0.2, 0) is 33.6 Å². The van der Waals surface area contributed by atoms with Crippen molar-refractivity contribution in [1.29, 1.82) is 0 Å². The van der Waals surface area contributed by atoms with Crippen molar-refractivity contribution in [2.24, 2.45) is 23.5 Å². The smallest absolute Gasteiger partial charge is 0.289 e. The van der Waals surface area contributed by atoms with Crippen LogP contribution in [0.1, 0.15) is 127 Å². The number of nitrogens with one attached hydrogen (secondary N) is 6. The molecule has 1 aromatic heterocycles. The van der Waals surface area contributed by atoms with E-state index in [2.05, 4.69) is 75.5 Å². The number of primary amides is 1. The second-order valence-electron chi connectivity index (χ2n) is 16.3. The lowest BCUT2D eigenvalue weighted by Crippen LogP contribution is -2.52. The zero-order chi connectivity index (χ0) is 49.9. The van der Waals surface area contributed by atoms with Crippen LogP contribution in [0.2, 0.25) is 0 Å². The van der Waals surface area contributed by atoms with Crippen molar-refractivity contribution in [3.8, 4) is 12.8 Å². The van der Waals surface area contributed by atoms with Gasteiger partial charge in [0, 0.05) is 39.0 Å². The van der Waals surface area contributed by atoms with E-state index in [1.54, 1.807) is 51.4 Å². The Balaban J connectivity index is 0.00000105. The third kappa shape index (κ3) is 25.9. The Labute approximate surface area is 391 Å². The molecule has 3 atom stereocenters. The molecule has 66 heavy (non-hydrogen) atoms. The highest BCUT2D eigenvalue weighted by Crippen LogP contribution is 2.27. The molecule has 366 valence electrons. The number of nitrogens with two attached hydrogens (primary N) is 1. The second-order valence-corrected chi connectivity index (χ2v) is 16.3. The molecule has 2 saturated carbocycles. The standard InChI is InChI=1S/C21H31N5O5.C15H21N5O3.C7H14.C3H8.C2H2/c1-5-22-11-14(2)19(29)23-12-16(27)20(30)24-13-17(28)25-18(21(31)26(3)4)15-9-7-6-8-10-15;16-12(21)9-19-15(23)13(10-4-2-1-3-5-10)20-14(22)11-8-17-6-7-18-11;1-7-5-3-2-4-6-7;1-3-2;1-2/h6-10,14,18,22H,5,11-13H2,1-4H3,(H,23,29)(H,24,30)(H,25,28);6-8,10,13H,1-5,9H2,(H2,16,21)(H,19,23)(H,20,22);7H,2-6H2,1H3;3H2,1-2H3;1-2H/t14-,18-;;;;/m0..../s1. The molecule has 1 aromatic carbocycles. The minimum absolute atomic E-state index is 0.0391. The van der Waals surface area contributed by atoms with E-state index in [0.29, 0.717) is 18.7 Å². The highest BCUT2D eigenvalue weighted by Gasteiger charge is 2.32. The van der Waals surface area contributed by atoms with Gasteiger partial charge >= 0.3 is 0 Å². The van der Waals surface area contributed by atoms with Gasteiger partial charge in [-0.05, 0) is 36.8 Å². The number of rotatable bonds is 18. The molecule has 0 bridgehead atoms. The summed E-state index contributed by atoms with van der Waals surface area (Å²) in [5, 5.41) is 15.4. The Kier molecular flexibility index (Phi) is 32.7. The Morgan fingerprint density at radius 3 is 1.85 bits per heavy atom. The van der Waals surface area contributed by atoms with E-state index >= 15 is 0 Å². The lowest BCUT2D eigenvalue weighted by molar-refractivity contribution is -0.139. The van der Waals surface area contributed by atoms with Crippen LogP contribution < -0.4 is 37.6 Å². The molecule has 0 saturated heterocycles. The number of ketones is 1. The van der Waals surface area contributed by atoms with Crippen LogP contribution in [0.15, 0.2) is 48.9 Å². The van der Waals surface area contributed by atoms with Gasteiger partial charge in [-0.1, -0.05) is 123 Å². The quantitative estimate of drug-likeness (QED) is 0.0845. The minimum atomic E-state index is -0.995. The average Bonchev–Trinajstić information content (AvgIpc) is 3.33. The van der Waals surface area contributed by atoms with Crippen LogP contribution in [0.3, 0.4) is 0 Å². The Bertz CT molecular complexity index is 1770. The lowest BCUT2D eigenvalue weighted by Gasteiger charge is -2.29. The number of nitrogens with zero attached hydrogens (tertiary/aromatic N) is 3. The van der Waals surface area contributed by atoms with Gasteiger partial charge < -0.3 is 42.5 Å². The summed E-state index contributed by atoms with van der Waals surface area (Å²) in [6.07, 6.45) is 25.8. The number of amides is 7. The van der Waals surface area contributed by atoms with Crippen molar-refractivity contribution in [3.05, 3.63) is 60.2 Å². The van der Waals surface area contributed by atoms with Crippen molar-refractivity contribution < 1.29 is 38.4 Å². The van der Waals surface area contributed by atoms with Gasteiger partial charge in [-0.15, -0.1) is 12.8 Å². The second kappa shape index (κ2) is 36.1. The predicted octanol–water partition coefficient (Wildman–Crippen LogP) is 2.99. The summed E-state index contributed by atoms with van der Waals surface area (Å²) in [5.74, 6) is -3.95. The highest BCUT2D eigenvalue weighted by atomic mass is 16.2. The number of likely N-dealkylation sites (N-methyl/N-ethyl adjacent to an activating group) is 1. The van der Waals surface area contributed by atoms with Crippen molar-refractivity contribution in [1.82, 2.24) is 46.8 Å². The molecular weight excluding hydrogens is 845 g/mol. The normalized spacial score (nSPS) is 14.4. The zero-order valence-corrected chi connectivity index (χ0v) is 40.2. The molecular formula is C48H76N10O8. The Morgan fingerprint density at radius 1 is 0.773 bits per heavy atom. The lowest BCUT2D eigenvalue weighted by atomic mass is 9.83. The third-order valence-electron chi connectivity index (χ3n) is 10.2. The summed E-state index contributed by atoms with van der Waals surface area (Å²) in [4.78, 5) is 105. The van der Waals surface area contributed by atoms with Crippen molar-refractivity contribution in [3.63, 3.8) is 0 Å². The van der Waals surface area contributed by atoms with Crippen LogP contribution in [0, 0.1) is 30.6 Å². The fourth-order valence-corrected chi connectivity index (χ4v) is 6.63. The topological polar surface area (TPSA) is 264 Å². The third-order valence-corrected chi connectivity index (χ3v) is 10.2. The van der Waals surface area contributed by atoms with Gasteiger partial charge in [0.15, 0.2) is 0 Å². The van der Waals surface area contributed by atoms with Crippen molar-refractivity contribution in [2.75, 3.05) is 46.8 Å². The molecule has 18 nitrogen and oxygen atoms in total. The SMILES string of the molecule is C#C.CC1CCCCC1.CCC.CCNC[C@H](C)C(=O)NCC(=O)C(=O)NCC(=O)N[C@H](C(=O)N(C)C)c1ccccc1.NC(=O)CNC(=O)C(NC(=O)c1cnccn1)C1CCCCC1. The molecule has 1 heterocycles. The van der Waals surface area contributed by atoms with Crippen LogP contribution in [0.5, 0.6) is 0 Å². The molecule has 2 aliphatic carbocycles. The number of hydrogen-bond donors (Lipinski definition) is 7. The molecule has 2 fully saturated rings. The van der Waals surface area contributed by atoms with Gasteiger partial charge in [-0.3, -0.25) is 43.3 Å². The molecule has 0 radical (unpaired) electrons. The summed E-state index contributed by atoms with van der Waals surface area (Å²) in [6.45, 7) is 10.2. The van der Waals surface area contributed by atoms with Crippen molar-refractivity contribution >= 4 is 47.1 Å². The van der Waals surface area contributed by atoms with Gasteiger partial charge in [-0.2, -0.15) is 0 Å². The Hall–Kier alpha value is -6.22. The number of terminal acetylenes is 1. The summed E-state index contributed by atoms with van der Waals surface area (Å²) < 4.78 is 0. The highest BCUT2D eigenvalue weighted by molar-refractivity contribution is 6.37. The largest absolute Gasteiger partial charge is 0.368 e. The molecule has 1 unspecified atom stereocenters. The number of hydrogen-bond acceptors (Lipinski definition) is 11. The zero-order valence-electron chi connectivity index (χ0n) is 40.2. The number of Topliss-reactive ketones (excluding diaryl/α,β-unsaturated/α-hetero) is 1. The van der Waals surface area contributed by atoms with Gasteiger partial charge in [-0.25, -0.2) is 4.98 Å². The molecule has 2 aromatic rings. The van der Waals surface area contributed by atoms with E-state index in [0.717, 1.165) is 38.0 Å². The summed E-state index contributed by atoms with van der Waals surface area (Å²) in [7, 11) is 3.14. The molecule has 4 rings (SSSR count). The first-order valence-electron chi connectivity index (χ1n) is 22.9. The number of carbonyl (C=O) groups excluding carboxylic acids is 8. The van der Waals surface area contributed by atoms with Crippen LogP contribution in [-0.4, -0.2) is 115 Å². The first kappa shape index (κ1) is 59.8. The number of carbonyl (C=O) groups is 8. The van der Waals surface area contributed by atoms with Gasteiger partial charge in [0.05, 0.1) is 25.8 Å². The number of aromatic nitrogens is 2. The van der Waals surface area contributed by atoms with E-state index < -0.39 is 60.5 Å². The summed E-state index contributed by atoms with van der Waals surface area (Å²) >= 11 is 0. The van der Waals surface area contributed by atoms with E-state index in [1.807, 2.05) is 6.92 Å². The molecule has 18 heteroatoms. The van der Waals surface area contributed by atoms with Crippen LogP contribution in [0.4, 0.5) is 0 Å². The molecule has 0 aliphatic heterocycles. The first-order valence-corrected chi connectivity index (χ1v) is 22.9. The van der Waals surface area contributed by atoms with E-state index in [9.17, 15) is 38.4 Å². The number of benzene rings is 1. The van der Waals surface area contributed by atoms with Gasteiger partial charge in [0.25, 0.3) is 11.8 Å². The average molecular weight is 921 g/mol. The maximum atomic E-state index is 12.4. The molecule has 8 N–H and O–H groups in total. The fourth-order valence-electron chi connectivity index (χ4n) is 6.63. The van der Waals surface area contributed by atoms with Gasteiger partial charge in [0.1, 0.15) is 17.8 Å². The first-order chi connectivity index (χ1) is 31.6. The predicted molar refractivity (Wildman–Crippen MR) is 255 cm³/mol. The minimum Gasteiger partial charge on any atom is -0.368 e. The van der Waals surface area contributed by atoms with E-state index in [-0.39, 0.29) is 35.9 Å². The maximum absolute atomic E-state index is 12.4. The van der Waals surface area contributed by atoms with Crippen LogP contribution in [0.25, 0.3) is 0 Å². The summed E-state index contributed by atoms with van der Waals surface area (Å²) in [5.41, 5.74) is 5.79. The molecule has 7 amide bonds. The summed E-state index contributed by atoms with van der Waals surface area (Å²) in [6, 6.07) is 7.05. The molecule has 2 aliphatic rings. The Morgan fingerprint density at radius 2 is 1.35 bits per heavy atom. The van der Waals surface area contributed by atoms with Crippen molar-refractivity contribution in [2.45, 2.75) is 117 Å². The fraction of sp³-hybridized carbons (Fsp3) is 0.583. The van der Waals surface area contributed by atoms with E-state index in [4.69, 9.17) is 5.73 Å². The van der Waals surface area contributed by atoms with Gasteiger partial charge in [0.2, 0.25) is 35.3 Å². The molecule has 0 spiro atoms. The van der Waals surface area contributed by atoms with Crippen LogP contribution >= 0.6 is 0 Å².